The molecule has 0 radical (unpaired) electrons. The maximum absolute atomic E-state index is 12.9. The molecule has 1 atom stereocenters. The van der Waals surface area contributed by atoms with Gasteiger partial charge in [0.05, 0.1) is 5.02 Å². The Labute approximate surface area is 84.1 Å². The number of nitrogens with zero attached hydrogens (tertiary/aromatic N) is 1. The van der Waals surface area contributed by atoms with E-state index in [9.17, 15) is 4.39 Å². The Morgan fingerprint density at radius 2 is 2.42 bits per heavy atom. The number of rotatable bonds is 2. The van der Waals surface area contributed by atoms with Crippen LogP contribution in [0.1, 0.15) is 12.5 Å². The second-order valence-corrected chi connectivity index (χ2v) is 4.59. The van der Waals surface area contributed by atoms with Crippen molar-refractivity contribution in [2.24, 2.45) is 0 Å². The van der Waals surface area contributed by atoms with Gasteiger partial charge in [-0.25, -0.2) is 4.98 Å². The van der Waals surface area contributed by atoms with Gasteiger partial charge in [-0.1, -0.05) is 34.5 Å². The zero-order chi connectivity index (χ0) is 9.14. The SMILES string of the molecule is CC(Br)Cc1cc(Cl)cnc1F. The van der Waals surface area contributed by atoms with Crippen LogP contribution in [0.3, 0.4) is 0 Å². The van der Waals surface area contributed by atoms with E-state index in [-0.39, 0.29) is 4.83 Å². The fraction of sp³-hybridized carbons (Fsp3) is 0.375. The average Bonchev–Trinajstić information content (AvgIpc) is 1.96. The van der Waals surface area contributed by atoms with Gasteiger partial charge in [0.25, 0.3) is 0 Å². The van der Waals surface area contributed by atoms with E-state index < -0.39 is 5.95 Å². The molecular formula is C8H8BrClFN. The molecule has 0 saturated heterocycles. The van der Waals surface area contributed by atoms with E-state index in [0.717, 1.165) is 0 Å². The molecule has 1 nitrogen and oxygen atoms in total. The van der Waals surface area contributed by atoms with Gasteiger partial charge in [0.1, 0.15) is 0 Å². The summed E-state index contributed by atoms with van der Waals surface area (Å²) in [4.78, 5) is 3.74. The first-order valence-electron chi connectivity index (χ1n) is 3.53. The van der Waals surface area contributed by atoms with E-state index in [4.69, 9.17) is 11.6 Å². The maximum Gasteiger partial charge on any atom is 0.216 e. The van der Waals surface area contributed by atoms with Crippen molar-refractivity contribution < 1.29 is 4.39 Å². The van der Waals surface area contributed by atoms with Gasteiger partial charge < -0.3 is 0 Å². The molecule has 0 aliphatic rings. The van der Waals surface area contributed by atoms with Crippen LogP contribution in [0.15, 0.2) is 12.3 Å². The number of alkyl halides is 1. The molecular weight excluding hydrogens is 244 g/mol. The summed E-state index contributed by atoms with van der Waals surface area (Å²) in [5, 5.41) is 0.472. The summed E-state index contributed by atoms with van der Waals surface area (Å²) in [7, 11) is 0. The Morgan fingerprint density at radius 3 is 3.00 bits per heavy atom. The van der Waals surface area contributed by atoms with Gasteiger partial charge in [-0.2, -0.15) is 4.39 Å². The standard InChI is InChI=1S/C8H8BrClFN/c1-5(9)2-6-3-7(10)4-12-8(6)11/h3-5H,2H2,1H3. The molecule has 0 amide bonds. The fourth-order valence-electron chi connectivity index (χ4n) is 0.911. The van der Waals surface area contributed by atoms with E-state index in [0.29, 0.717) is 17.0 Å². The van der Waals surface area contributed by atoms with Crippen LogP contribution in [-0.4, -0.2) is 9.81 Å². The van der Waals surface area contributed by atoms with Crippen molar-refractivity contribution in [1.82, 2.24) is 4.98 Å². The highest BCUT2D eigenvalue weighted by Crippen LogP contribution is 2.16. The molecule has 1 unspecified atom stereocenters. The summed E-state index contributed by atoms with van der Waals surface area (Å²) >= 11 is 8.99. The van der Waals surface area contributed by atoms with Crippen molar-refractivity contribution in [1.29, 1.82) is 0 Å². The molecule has 1 aromatic heterocycles. The smallest absolute Gasteiger partial charge is 0.216 e. The average molecular weight is 253 g/mol. The van der Waals surface area contributed by atoms with Gasteiger partial charge in [0, 0.05) is 16.6 Å². The molecule has 1 rings (SSSR count). The minimum Gasteiger partial charge on any atom is -0.227 e. The van der Waals surface area contributed by atoms with E-state index in [2.05, 4.69) is 20.9 Å². The van der Waals surface area contributed by atoms with Crippen LogP contribution in [0.5, 0.6) is 0 Å². The molecule has 0 bridgehead atoms. The molecule has 66 valence electrons. The summed E-state index contributed by atoms with van der Waals surface area (Å²) in [6.07, 6.45) is 1.90. The number of hydrogen-bond acceptors (Lipinski definition) is 1. The van der Waals surface area contributed by atoms with Crippen molar-refractivity contribution in [3.8, 4) is 0 Å². The molecule has 1 heterocycles. The van der Waals surface area contributed by atoms with Crippen LogP contribution in [0.25, 0.3) is 0 Å². The monoisotopic (exact) mass is 251 g/mol. The lowest BCUT2D eigenvalue weighted by atomic mass is 10.2. The quantitative estimate of drug-likeness (QED) is 0.582. The van der Waals surface area contributed by atoms with E-state index in [1.165, 1.54) is 6.20 Å². The molecule has 0 N–H and O–H groups in total. The van der Waals surface area contributed by atoms with E-state index in [1.54, 1.807) is 6.07 Å². The molecule has 4 heteroatoms. The molecule has 0 aliphatic heterocycles. The lowest BCUT2D eigenvalue weighted by Crippen LogP contribution is -2.00. The van der Waals surface area contributed by atoms with Gasteiger partial charge in [-0.15, -0.1) is 0 Å². The number of hydrogen-bond donors (Lipinski definition) is 0. The van der Waals surface area contributed by atoms with Crippen LogP contribution in [0.2, 0.25) is 5.02 Å². The second-order valence-electron chi connectivity index (χ2n) is 2.59. The first kappa shape index (κ1) is 9.93. The predicted molar refractivity (Wildman–Crippen MR) is 51.3 cm³/mol. The largest absolute Gasteiger partial charge is 0.227 e. The Bertz CT molecular complexity index is 278. The Balaban J connectivity index is 2.90. The molecule has 0 aromatic carbocycles. The minimum absolute atomic E-state index is 0.229. The van der Waals surface area contributed by atoms with Crippen LogP contribution < -0.4 is 0 Å². The minimum atomic E-state index is -0.439. The lowest BCUT2D eigenvalue weighted by molar-refractivity contribution is 0.566. The highest BCUT2D eigenvalue weighted by atomic mass is 79.9. The molecule has 12 heavy (non-hydrogen) atoms. The number of aromatic nitrogens is 1. The summed E-state index contributed by atoms with van der Waals surface area (Å²) in [5.41, 5.74) is 0.548. The fourth-order valence-corrected chi connectivity index (χ4v) is 1.44. The second kappa shape index (κ2) is 4.19. The molecule has 0 saturated carbocycles. The van der Waals surface area contributed by atoms with E-state index in [1.807, 2.05) is 6.92 Å². The van der Waals surface area contributed by atoms with E-state index >= 15 is 0 Å². The highest BCUT2D eigenvalue weighted by molar-refractivity contribution is 9.09. The predicted octanol–water partition coefficient (Wildman–Crippen LogP) is 3.20. The Hall–Kier alpha value is -0.150. The molecule has 1 aromatic rings. The maximum atomic E-state index is 12.9. The first-order chi connectivity index (χ1) is 5.59. The zero-order valence-electron chi connectivity index (χ0n) is 6.52. The third kappa shape index (κ3) is 2.72. The van der Waals surface area contributed by atoms with Gasteiger partial charge in [-0.3, -0.25) is 0 Å². The van der Waals surface area contributed by atoms with Crippen molar-refractivity contribution in [2.75, 3.05) is 0 Å². The lowest BCUT2D eigenvalue weighted by Gasteiger charge is -2.03. The third-order valence-electron chi connectivity index (χ3n) is 1.38. The first-order valence-corrected chi connectivity index (χ1v) is 4.83. The third-order valence-corrected chi connectivity index (χ3v) is 1.91. The van der Waals surface area contributed by atoms with Crippen LogP contribution in [0, 0.1) is 5.95 Å². The molecule has 0 spiro atoms. The summed E-state index contributed by atoms with van der Waals surface area (Å²) < 4.78 is 12.9. The van der Waals surface area contributed by atoms with Gasteiger partial charge in [0.2, 0.25) is 5.95 Å². The highest BCUT2D eigenvalue weighted by Gasteiger charge is 2.06. The van der Waals surface area contributed by atoms with Crippen molar-refractivity contribution in [3.63, 3.8) is 0 Å². The molecule has 0 fully saturated rings. The summed E-state index contributed by atoms with van der Waals surface area (Å²) in [6.45, 7) is 1.94. The van der Waals surface area contributed by atoms with Gasteiger partial charge in [-0.05, 0) is 12.5 Å². The Morgan fingerprint density at radius 1 is 1.75 bits per heavy atom. The topological polar surface area (TPSA) is 12.9 Å². The summed E-state index contributed by atoms with van der Waals surface area (Å²) in [5.74, 6) is -0.439. The van der Waals surface area contributed by atoms with Crippen molar-refractivity contribution >= 4 is 27.5 Å². The Kier molecular flexibility index (Phi) is 3.47. The van der Waals surface area contributed by atoms with Crippen LogP contribution >= 0.6 is 27.5 Å². The normalized spacial score (nSPS) is 13.0. The van der Waals surface area contributed by atoms with Gasteiger partial charge >= 0.3 is 0 Å². The van der Waals surface area contributed by atoms with Crippen LogP contribution in [0.4, 0.5) is 4.39 Å². The van der Waals surface area contributed by atoms with Crippen LogP contribution in [-0.2, 0) is 6.42 Å². The van der Waals surface area contributed by atoms with Gasteiger partial charge in [0.15, 0.2) is 0 Å². The number of pyridine rings is 1. The molecule has 0 aliphatic carbocycles. The summed E-state index contributed by atoms with van der Waals surface area (Å²) in [6, 6.07) is 1.60. The van der Waals surface area contributed by atoms with Crippen molar-refractivity contribution in [2.45, 2.75) is 18.2 Å². The zero-order valence-corrected chi connectivity index (χ0v) is 8.86. The number of halogens is 3. The van der Waals surface area contributed by atoms with Crippen molar-refractivity contribution in [3.05, 3.63) is 28.8 Å².